The molecule has 1 aromatic heterocycles. The second kappa shape index (κ2) is 5.03. The molecule has 0 fully saturated rings. The second-order valence-electron chi connectivity index (χ2n) is 4.76. The Morgan fingerprint density at radius 2 is 1.86 bits per heavy atom. The van der Waals surface area contributed by atoms with Gasteiger partial charge in [0.15, 0.2) is 0 Å². The van der Waals surface area contributed by atoms with E-state index in [9.17, 15) is 21.6 Å². The SMILES string of the molecule is O=S(=O)(c1ccccc1C(F)(F)F)N1Cc2cncnc2C1. The van der Waals surface area contributed by atoms with Crippen molar-refractivity contribution in [2.75, 3.05) is 0 Å². The largest absolute Gasteiger partial charge is 0.417 e. The molecule has 0 amide bonds. The van der Waals surface area contributed by atoms with Gasteiger partial charge in [-0.3, -0.25) is 0 Å². The molecule has 0 spiro atoms. The third-order valence-corrected chi connectivity index (χ3v) is 5.21. The molecule has 0 radical (unpaired) electrons. The number of sulfonamides is 1. The maximum absolute atomic E-state index is 13.0. The molecule has 1 aromatic carbocycles. The van der Waals surface area contributed by atoms with E-state index in [2.05, 4.69) is 9.97 Å². The zero-order chi connectivity index (χ0) is 16.0. The van der Waals surface area contributed by atoms with Gasteiger partial charge in [0.05, 0.1) is 22.7 Å². The number of hydrogen-bond donors (Lipinski definition) is 0. The van der Waals surface area contributed by atoms with Crippen LogP contribution in [0.5, 0.6) is 0 Å². The number of hydrogen-bond acceptors (Lipinski definition) is 4. The van der Waals surface area contributed by atoms with Crippen LogP contribution in [0.15, 0.2) is 41.7 Å². The minimum Gasteiger partial charge on any atom is -0.244 e. The van der Waals surface area contributed by atoms with Crippen molar-refractivity contribution in [1.82, 2.24) is 14.3 Å². The van der Waals surface area contributed by atoms with E-state index in [1.807, 2.05) is 0 Å². The van der Waals surface area contributed by atoms with E-state index in [-0.39, 0.29) is 13.1 Å². The molecule has 116 valence electrons. The van der Waals surface area contributed by atoms with Gasteiger partial charge in [0.2, 0.25) is 10.0 Å². The fourth-order valence-electron chi connectivity index (χ4n) is 2.31. The number of alkyl halides is 3. The maximum atomic E-state index is 13.0. The lowest BCUT2D eigenvalue weighted by molar-refractivity contribution is -0.139. The number of nitrogens with zero attached hydrogens (tertiary/aromatic N) is 3. The quantitative estimate of drug-likeness (QED) is 0.847. The molecule has 0 bridgehead atoms. The number of halogens is 3. The summed E-state index contributed by atoms with van der Waals surface area (Å²) in [5, 5.41) is 0. The zero-order valence-electron chi connectivity index (χ0n) is 11.1. The molecule has 0 atom stereocenters. The Morgan fingerprint density at radius 3 is 2.55 bits per heavy atom. The highest BCUT2D eigenvalue weighted by Crippen LogP contribution is 2.36. The van der Waals surface area contributed by atoms with E-state index >= 15 is 0 Å². The fourth-order valence-corrected chi connectivity index (χ4v) is 3.90. The van der Waals surface area contributed by atoms with Gasteiger partial charge in [-0.2, -0.15) is 17.5 Å². The molecule has 2 aromatic rings. The van der Waals surface area contributed by atoms with Crippen molar-refractivity contribution in [3.8, 4) is 0 Å². The minimum atomic E-state index is -4.74. The molecule has 5 nitrogen and oxygen atoms in total. The maximum Gasteiger partial charge on any atom is 0.417 e. The molecule has 1 aliphatic heterocycles. The van der Waals surface area contributed by atoms with Gasteiger partial charge in [-0.25, -0.2) is 18.4 Å². The summed E-state index contributed by atoms with van der Waals surface area (Å²) in [5.41, 5.74) is -0.0735. The van der Waals surface area contributed by atoms with Gasteiger partial charge in [-0.15, -0.1) is 0 Å². The van der Waals surface area contributed by atoms with Crippen molar-refractivity contribution in [2.45, 2.75) is 24.2 Å². The van der Waals surface area contributed by atoms with Crippen molar-refractivity contribution in [3.05, 3.63) is 53.6 Å². The van der Waals surface area contributed by atoms with Crippen molar-refractivity contribution in [2.24, 2.45) is 0 Å². The number of benzene rings is 1. The van der Waals surface area contributed by atoms with Crippen LogP contribution in [0.1, 0.15) is 16.8 Å². The van der Waals surface area contributed by atoms with E-state index in [1.165, 1.54) is 18.6 Å². The third-order valence-electron chi connectivity index (χ3n) is 3.36. The number of rotatable bonds is 2. The Bertz CT molecular complexity index is 796. The highest BCUT2D eigenvalue weighted by atomic mass is 32.2. The van der Waals surface area contributed by atoms with Crippen molar-refractivity contribution >= 4 is 10.0 Å². The summed E-state index contributed by atoms with van der Waals surface area (Å²) in [5.74, 6) is 0. The van der Waals surface area contributed by atoms with Crippen molar-refractivity contribution in [1.29, 1.82) is 0 Å². The van der Waals surface area contributed by atoms with Crippen molar-refractivity contribution in [3.63, 3.8) is 0 Å². The van der Waals surface area contributed by atoms with Gasteiger partial charge >= 0.3 is 6.18 Å². The van der Waals surface area contributed by atoms with Gasteiger partial charge < -0.3 is 0 Å². The third kappa shape index (κ3) is 2.46. The van der Waals surface area contributed by atoms with Crippen LogP contribution in [0.4, 0.5) is 13.2 Å². The smallest absolute Gasteiger partial charge is 0.244 e. The Morgan fingerprint density at radius 1 is 1.14 bits per heavy atom. The first-order valence-corrected chi connectivity index (χ1v) is 7.68. The molecule has 3 rings (SSSR count). The van der Waals surface area contributed by atoms with Crippen LogP contribution in [-0.4, -0.2) is 22.7 Å². The van der Waals surface area contributed by atoms with Crippen LogP contribution in [0.25, 0.3) is 0 Å². The summed E-state index contributed by atoms with van der Waals surface area (Å²) in [4.78, 5) is 6.99. The lowest BCUT2D eigenvalue weighted by Crippen LogP contribution is -2.28. The predicted molar refractivity (Wildman–Crippen MR) is 69.9 cm³/mol. The fraction of sp³-hybridized carbons (Fsp3) is 0.231. The van der Waals surface area contributed by atoms with Gasteiger partial charge in [0, 0.05) is 18.3 Å². The van der Waals surface area contributed by atoms with E-state index in [4.69, 9.17) is 0 Å². The Hall–Kier alpha value is -2.00. The Kier molecular flexibility index (Phi) is 3.41. The molecular weight excluding hydrogens is 319 g/mol. The van der Waals surface area contributed by atoms with Gasteiger partial charge in [0.1, 0.15) is 6.33 Å². The monoisotopic (exact) mass is 329 g/mol. The molecular formula is C13H10F3N3O2S. The molecule has 0 unspecified atom stereocenters. The van der Waals surface area contributed by atoms with Gasteiger partial charge in [-0.05, 0) is 12.1 Å². The van der Waals surface area contributed by atoms with Crippen LogP contribution >= 0.6 is 0 Å². The van der Waals surface area contributed by atoms with Crippen LogP contribution in [0, 0.1) is 0 Å². The highest BCUT2D eigenvalue weighted by molar-refractivity contribution is 7.89. The molecule has 2 heterocycles. The topological polar surface area (TPSA) is 63.2 Å². The van der Waals surface area contributed by atoms with Crippen LogP contribution in [0.3, 0.4) is 0 Å². The normalized spacial score (nSPS) is 15.8. The minimum absolute atomic E-state index is 0.0370. The average molecular weight is 329 g/mol. The van der Waals surface area contributed by atoms with Gasteiger partial charge in [0.25, 0.3) is 0 Å². The average Bonchev–Trinajstić information content (AvgIpc) is 2.91. The number of aromatic nitrogens is 2. The Balaban J connectivity index is 2.03. The molecule has 0 saturated carbocycles. The standard InChI is InChI=1S/C13H10F3N3O2S/c14-13(15,16)10-3-1-2-4-12(10)22(20,21)19-6-9-5-17-8-18-11(9)7-19/h1-5,8H,6-7H2. The summed E-state index contributed by atoms with van der Waals surface area (Å²) >= 11 is 0. The van der Waals surface area contributed by atoms with E-state index in [0.29, 0.717) is 11.3 Å². The lowest BCUT2D eigenvalue weighted by Gasteiger charge is -2.19. The second-order valence-corrected chi connectivity index (χ2v) is 6.67. The molecule has 0 aliphatic carbocycles. The summed E-state index contributed by atoms with van der Waals surface area (Å²) in [7, 11) is -4.27. The number of fused-ring (bicyclic) bond motifs is 1. The highest BCUT2D eigenvalue weighted by Gasteiger charge is 2.40. The van der Waals surface area contributed by atoms with Crippen LogP contribution in [0.2, 0.25) is 0 Å². The zero-order valence-corrected chi connectivity index (χ0v) is 11.9. The van der Waals surface area contributed by atoms with Crippen LogP contribution < -0.4 is 0 Å². The van der Waals surface area contributed by atoms with E-state index in [1.54, 1.807) is 0 Å². The van der Waals surface area contributed by atoms with Gasteiger partial charge in [-0.1, -0.05) is 12.1 Å². The molecule has 0 N–H and O–H groups in total. The molecule has 9 heteroatoms. The summed E-state index contributed by atoms with van der Waals surface area (Å²) in [6, 6.07) is 4.15. The first kappa shape index (κ1) is 14.9. The van der Waals surface area contributed by atoms with Crippen molar-refractivity contribution < 1.29 is 21.6 Å². The summed E-state index contributed by atoms with van der Waals surface area (Å²) in [6.07, 6.45) is -2.00. The summed E-state index contributed by atoms with van der Waals surface area (Å²) < 4.78 is 65.1. The van der Waals surface area contributed by atoms with Crippen LogP contribution in [-0.2, 0) is 29.3 Å². The first-order valence-electron chi connectivity index (χ1n) is 6.24. The first-order chi connectivity index (χ1) is 10.3. The van der Waals surface area contributed by atoms with E-state index in [0.717, 1.165) is 22.5 Å². The lowest BCUT2D eigenvalue weighted by atomic mass is 10.2. The predicted octanol–water partition coefficient (Wildman–Crippen LogP) is 2.20. The summed E-state index contributed by atoms with van der Waals surface area (Å²) in [6.45, 7) is -0.100. The molecule has 0 saturated heterocycles. The van der Waals surface area contributed by atoms with E-state index < -0.39 is 26.7 Å². The Labute approximate surface area is 124 Å². The molecule has 22 heavy (non-hydrogen) atoms. The molecule has 1 aliphatic rings.